The molecule has 4 rings (SSSR count). The molecule has 0 atom stereocenters. The molecule has 0 aliphatic carbocycles. The average Bonchev–Trinajstić information content (AvgIpc) is 3.42. The summed E-state index contributed by atoms with van der Waals surface area (Å²) < 4.78 is 24.2. The number of carbonyl (C=O) groups excluding carboxylic acids is 2. The summed E-state index contributed by atoms with van der Waals surface area (Å²) in [6, 6.07) is 18.7. The summed E-state index contributed by atoms with van der Waals surface area (Å²) in [5.41, 5.74) is 2.50. The van der Waals surface area contributed by atoms with Crippen molar-refractivity contribution < 1.29 is 28.2 Å². The maximum atomic E-state index is 13.2. The van der Waals surface area contributed by atoms with Gasteiger partial charge < -0.3 is 24.0 Å². The van der Waals surface area contributed by atoms with E-state index in [0.29, 0.717) is 43.2 Å². The van der Waals surface area contributed by atoms with E-state index < -0.39 is 14.4 Å². The Balaban J connectivity index is 1.38. The van der Waals surface area contributed by atoms with Crippen LogP contribution in [-0.2, 0) is 18.6 Å². The van der Waals surface area contributed by atoms with Crippen molar-refractivity contribution in [1.82, 2.24) is 20.1 Å². The Labute approximate surface area is 282 Å². The fourth-order valence-electron chi connectivity index (χ4n) is 4.23. The van der Waals surface area contributed by atoms with Crippen LogP contribution in [0, 0.1) is 0 Å². The lowest BCUT2D eigenvalue weighted by Gasteiger charge is -2.36. The molecule has 2 aromatic heterocycles. The summed E-state index contributed by atoms with van der Waals surface area (Å²) in [5.74, 6) is -0.172. The molecule has 2 aromatic carbocycles. The van der Waals surface area contributed by atoms with Crippen molar-refractivity contribution in [3.63, 3.8) is 0 Å². The average molecular weight is 677 g/mol. The van der Waals surface area contributed by atoms with Crippen molar-refractivity contribution >= 4 is 55.1 Å². The standard InChI is InChI=1S/C35H44N4O6SSi/c1-35(2,3)47(5,6)45-24-22-43-20-19-42-21-23-44-34(41)39-31-25-27(46-32-13-8-7-12-29(32)33(40)36-4)15-16-28(31)30(38-39)17-14-26-11-9-10-18-37-26/h7-18,25H,19-24H2,1-6H3,(H,36,40)/b17-14+. The van der Waals surface area contributed by atoms with Gasteiger partial charge in [0.1, 0.15) is 6.61 Å². The number of rotatable bonds is 15. The Morgan fingerprint density at radius 3 is 2.32 bits per heavy atom. The summed E-state index contributed by atoms with van der Waals surface area (Å²) in [7, 11) is -0.181. The number of amides is 1. The van der Waals surface area contributed by atoms with Gasteiger partial charge in [0.05, 0.1) is 55.5 Å². The van der Waals surface area contributed by atoms with Crippen LogP contribution < -0.4 is 5.32 Å². The normalized spacial score (nSPS) is 12.1. The quantitative estimate of drug-likeness (QED) is 0.104. The third-order valence-corrected chi connectivity index (χ3v) is 13.5. The molecule has 0 saturated carbocycles. The predicted molar refractivity (Wildman–Crippen MR) is 188 cm³/mol. The van der Waals surface area contributed by atoms with E-state index in [1.165, 1.54) is 16.4 Å². The molecule has 0 bridgehead atoms. The van der Waals surface area contributed by atoms with Crippen LogP contribution in [0.25, 0.3) is 23.1 Å². The monoisotopic (exact) mass is 676 g/mol. The SMILES string of the molecule is CNC(=O)c1ccccc1Sc1ccc2c(/C=C/c3ccccn3)nn(C(=O)OCCOCCOCCO[Si](C)(C)C(C)(C)C)c2c1. The molecule has 0 fully saturated rings. The van der Waals surface area contributed by atoms with Crippen LogP contribution in [0.1, 0.15) is 42.5 Å². The summed E-state index contributed by atoms with van der Waals surface area (Å²) >= 11 is 1.43. The lowest BCUT2D eigenvalue weighted by Crippen LogP contribution is -2.41. The fraction of sp³-hybridized carbons (Fsp3) is 0.371. The molecule has 1 N–H and O–H groups in total. The van der Waals surface area contributed by atoms with Crippen LogP contribution >= 0.6 is 11.8 Å². The van der Waals surface area contributed by atoms with Crippen molar-refractivity contribution in [2.24, 2.45) is 0 Å². The minimum absolute atomic E-state index is 0.0573. The molecule has 1 amide bonds. The van der Waals surface area contributed by atoms with Gasteiger partial charge in [-0.2, -0.15) is 9.78 Å². The zero-order valence-corrected chi connectivity index (χ0v) is 29.8. The second-order valence-corrected chi connectivity index (χ2v) is 18.1. The van der Waals surface area contributed by atoms with E-state index in [-0.39, 0.29) is 24.2 Å². The second kappa shape index (κ2) is 16.8. The molecule has 4 aromatic rings. The van der Waals surface area contributed by atoms with Gasteiger partial charge in [-0.3, -0.25) is 9.78 Å². The molecule has 47 heavy (non-hydrogen) atoms. The molecule has 0 aliphatic heterocycles. The van der Waals surface area contributed by atoms with E-state index in [2.05, 4.69) is 49.3 Å². The van der Waals surface area contributed by atoms with Gasteiger partial charge in [0.2, 0.25) is 0 Å². The van der Waals surface area contributed by atoms with Crippen LogP contribution in [0.2, 0.25) is 18.1 Å². The minimum atomic E-state index is -1.78. The molecular weight excluding hydrogens is 633 g/mol. The first-order valence-electron chi connectivity index (χ1n) is 15.6. The number of benzene rings is 2. The molecular formula is C35H44N4O6SSi. The molecule has 2 heterocycles. The number of hydrogen-bond acceptors (Lipinski definition) is 9. The lowest BCUT2D eigenvalue weighted by molar-refractivity contribution is 0.0197. The zero-order valence-electron chi connectivity index (χ0n) is 27.9. The number of carbonyl (C=O) groups is 2. The Hall–Kier alpha value is -3.81. The summed E-state index contributed by atoms with van der Waals surface area (Å²) in [5, 5.41) is 8.20. The predicted octanol–water partition coefficient (Wildman–Crippen LogP) is 7.15. The summed E-state index contributed by atoms with van der Waals surface area (Å²) in [4.78, 5) is 31.6. The van der Waals surface area contributed by atoms with E-state index in [1.807, 2.05) is 66.7 Å². The van der Waals surface area contributed by atoms with Crippen molar-refractivity contribution in [2.45, 2.75) is 48.7 Å². The van der Waals surface area contributed by atoms with E-state index in [0.717, 1.165) is 20.9 Å². The van der Waals surface area contributed by atoms with Gasteiger partial charge in [-0.05, 0) is 72.7 Å². The number of hydrogen-bond donors (Lipinski definition) is 1. The Kier molecular flexibility index (Phi) is 12.9. The molecule has 0 aliphatic rings. The highest BCUT2D eigenvalue weighted by Crippen LogP contribution is 2.36. The molecule has 0 spiro atoms. The first-order valence-corrected chi connectivity index (χ1v) is 19.3. The minimum Gasteiger partial charge on any atom is -0.445 e. The number of pyridine rings is 1. The van der Waals surface area contributed by atoms with Crippen molar-refractivity contribution in [1.29, 1.82) is 0 Å². The topological polar surface area (TPSA) is 114 Å². The maximum Gasteiger partial charge on any atom is 0.435 e. The number of aromatic nitrogens is 3. The van der Waals surface area contributed by atoms with E-state index >= 15 is 0 Å². The van der Waals surface area contributed by atoms with E-state index in [1.54, 1.807) is 19.3 Å². The van der Waals surface area contributed by atoms with E-state index in [9.17, 15) is 9.59 Å². The third-order valence-electron chi connectivity index (χ3n) is 7.86. The number of ether oxygens (including phenoxy) is 3. The highest BCUT2D eigenvalue weighted by Gasteiger charge is 2.36. The highest BCUT2D eigenvalue weighted by molar-refractivity contribution is 7.99. The first-order chi connectivity index (χ1) is 22.5. The van der Waals surface area contributed by atoms with Gasteiger partial charge in [-0.25, -0.2) is 4.79 Å². The molecule has 10 nitrogen and oxygen atoms in total. The lowest BCUT2D eigenvalue weighted by atomic mass is 10.2. The molecule has 250 valence electrons. The van der Waals surface area contributed by atoms with Gasteiger partial charge >= 0.3 is 6.09 Å². The van der Waals surface area contributed by atoms with Crippen LogP contribution in [0.5, 0.6) is 0 Å². The number of fused-ring (bicyclic) bond motifs is 1. The molecule has 0 saturated heterocycles. The van der Waals surface area contributed by atoms with Crippen LogP contribution in [0.15, 0.2) is 76.7 Å². The van der Waals surface area contributed by atoms with Crippen LogP contribution in [0.4, 0.5) is 4.79 Å². The fourth-order valence-corrected chi connectivity index (χ4v) is 6.24. The van der Waals surface area contributed by atoms with Gasteiger partial charge in [0, 0.05) is 28.4 Å². The zero-order chi connectivity index (χ0) is 33.9. The smallest absolute Gasteiger partial charge is 0.435 e. The Bertz CT molecular complexity index is 1670. The Morgan fingerprint density at radius 1 is 0.915 bits per heavy atom. The molecule has 0 radical (unpaired) electrons. The number of nitrogens with zero attached hydrogens (tertiary/aromatic N) is 3. The first kappa shape index (κ1) is 36.0. The van der Waals surface area contributed by atoms with Gasteiger partial charge in [-0.1, -0.05) is 50.7 Å². The Morgan fingerprint density at radius 2 is 1.62 bits per heavy atom. The highest BCUT2D eigenvalue weighted by atomic mass is 32.2. The molecule has 0 unspecified atom stereocenters. The summed E-state index contributed by atoms with van der Waals surface area (Å²) in [6.45, 7) is 13.2. The van der Waals surface area contributed by atoms with Crippen molar-refractivity contribution in [3.05, 3.63) is 83.8 Å². The van der Waals surface area contributed by atoms with Gasteiger partial charge in [0.15, 0.2) is 8.32 Å². The number of nitrogens with one attached hydrogen (secondary N) is 1. The van der Waals surface area contributed by atoms with Crippen LogP contribution in [0.3, 0.4) is 0 Å². The van der Waals surface area contributed by atoms with Gasteiger partial charge in [0.25, 0.3) is 5.91 Å². The summed E-state index contributed by atoms with van der Waals surface area (Å²) in [6.07, 6.45) is 4.76. The third kappa shape index (κ3) is 10.1. The van der Waals surface area contributed by atoms with Crippen molar-refractivity contribution in [2.75, 3.05) is 46.7 Å². The van der Waals surface area contributed by atoms with E-state index in [4.69, 9.17) is 18.6 Å². The molecule has 12 heteroatoms. The van der Waals surface area contributed by atoms with Crippen molar-refractivity contribution in [3.8, 4) is 0 Å². The second-order valence-electron chi connectivity index (χ2n) is 12.2. The largest absolute Gasteiger partial charge is 0.445 e. The van der Waals surface area contributed by atoms with Gasteiger partial charge in [-0.15, -0.1) is 0 Å². The van der Waals surface area contributed by atoms with Crippen LogP contribution in [-0.4, -0.2) is 81.8 Å². The maximum absolute atomic E-state index is 13.2.